The zero-order valence-electron chi connectivity index (χ0n) is 18.7. The van der Waals surface area contributed by atoms with E-state index in [9.17, 15) is 9.59 Å². The average molecular weight is 462 g/mol. The number of hydrogen-bond donors (Lipinski definition) is 1. The quantitative estimate of drug-likeness (QED) is 0.342. The Hall–Kier alpha value is -3.25. The summed E-state index contributed by atoms with van der Waals surface area (Å²) in [7, 11) is 0. The van der Waals surface area contributed by atoms with Crippen LogP contribution in [-0.2, 0) is 20.9 Å². The van der Waals surface area contributed by atoms with E-state index < -0.39 is 17.4 Å². The number of hydrogen-bond acceptors (Lipinski definition) is 5. The summed E-state index contributed by atoms with van der Waals surface area (Å²) >= 11 is 1.32. The molecule has 0 saturated carbocycles. The molecule has 3 aromatic carbocycles. The Morgan fingerprint density at radius 1 is 0.848 bits per heavy atom. The molecule has 6 heteroatoms. The van der Waals surface area contributed by atoms with Gasteiger partial charge in [-0.2, -0.15) is 0 Å². The zero-order chi connectivity index (χ0) is 23.2. The molecule has 170 valence electrons. The highest BCUT2D eigenvalue weighted by Crippen LogP contribution is 2.44. The molecular formula is C27H27NO4S. The highest BCUT2D eigenvalue weighted by atomic mass is 32.2. The SMILES string of the molecule is CC(C)SC(NC(=O)OCC1c2ccccc2-c2ccccc21)C(=O)OCc1ccccc1. The number of benzene rings is 3. The van der Waals surface area contributed by atoms with Gasteiger partial charge in [-0.25, -0.2) is 9.59 Å². The largest absolute Gasteiger partial charge is 0.459 e. The summed E-state index contributed by atoms with van der Waals surface area (Å²) < 4.78 is 11.0. The Morgan fingerprint density at radius 2 is 1.42 bits per heavy atom. The molecule has 0 fully saturated rings. The van der Waals surface area contributed by atoms with Gasteiger partial charge in [0.1, 0.15) is 13.2 Å². The number of ether oxygens (including phenoxy) is 2. The lowest BCUT2D eigenvalue weighted by Gasteiger charge is -2.20. The Labute approximate surface area is 198 Å². The summed E-state index contributed by atoms with van der Waals surface area (Å²) in [6, 6.07) is 25.8. The van der Waals surface area contributed by atoms with Crippen LogP contribution in [-0.4, -0.2) is 29.3 Å². The van der Waals surface area contributed by atoms with Crippen LogP contribution >= 0.6 is 11.8 Å². The van der Waals surface area contributed by atoms with E-state index in [0.717, 1.165) is 16.7 Å². The molecule has 1 amide bonds. The molecule has 33 heavy (non-hydrogen) atoms. The number of nitrogens with one attached hydrogen (secondary N) is 1. The lowest BCUT2D eigenvalue weighted by atomic mass is 9.98. The Morgan fingerprint density at radius 3 is 2.03 bits per heavy atom. The molecule has 1 aliphatic carbocycles. The normalized spacial score (nSPS) is 13.2. The highest BCUT2D eigenvalue weighted by Gasteiger charge is 2.30. The van der Waals surface area contributed by atoms with Crippen molar-refractivity contribution in [3.8, 4) is 11.1 Å². The van der Waals surface area contributed by atoms with Crippen LogP contribution < -0.4 is 5.32 Å². The minimum atomic E-state index is -0.843. The number of carbonyl (C=O) groups excluding carboxylic acids is 2. The summed E-state index contributed by atoms with van der Waals surface area (Å²) in [5.74, 6) is -0.532. The molecule has 0 radical (unpaired) electrons. The fourth-order valence-electron chi connectivity index (χ4n) is 3.97. The second kappa shape index (κ2) is 10.6. The fourth-order valence-corrected chi connectivity index (χ4v) is 4.86. The second-order valence-corrected chi connectivity index (χ2v) is 9.81. The first-order valence-corrected chi connectivity index (χ1v) is 11.9. The average Bonchev–Trinajstić information content (AvgIpc) is 3.15. The molecule has 0 aromatic heterocycles. The summed E-state index contributed by atoms with van der Waals surface area (Å²) in [6.07, 6.45) is -0.633. The molecule has 1 N–H and O–H groups in total. The third kappa shape index (κ3) is 5.57. The van der Waals surface area contributed by atoms with Gasteiger partial charge in [-0.3, -0.25) is 5.32 Å². The predicted molar refractivity (Wildman–Crippen MR) is 131 cm³/mol. The first-order chi connectivity index (χ1) is 16.0. The van der Waals surface area contributed by atoms with E-state index in [1.165, 1.54) is 22.9 Å². The highest BCUT2D eigenvalue weighted by molar-refractivity contribution is 8.01. The van der Waals surface area contributed by atoms with Crippen molar-refractivity contribution in [3.63, 3.8) is 0 Å². The van der Waals surface area contributed by atoms with E-state index in [1.807, 2.05) is 68.4 Å². The maximum Gasteiger partial charge on any atom is 0.408 e. The number of thioether (sulfide) groups is 1. The van der Waals surface area contributed by atoms with E-state index >= 15 is 0 Å². The van der Waals surface area contributed by atoms with Crippen LogP contribution in [0.2, 0.25) is 0 Å². The Kier molecular flexibility index (Phi) is 7.35. The van der Waals surface area contributed by atoms with Crippen molar-refractivity contribution in [2.24, 2.45) is 0 Å². The van der Waals surface area contributed by atoms with Gasteiger partial charge in [0.15, 0.2) is 5.37 Å². The van der Waals surface area contributed by atoms with Gasteiger partial charge in [0, 0.05) is 11.2 Å². The second-order valence-electron chi connectivity index (χ2n) is 8.13. The molecule has 0 heterocycles. The van der Waals surface area contributed by atoms with Gasteiger partial charge in [0.05, 0.1) is 0 Å². The van der Waals surface area contributed by atoms with Gasteiger partial charge in [-0.1, -0.05) is 92.7 Å². The van der Waals surface area contributed by atoms with Crippen LogP contribution in [0.25, 0.3) is 11.1 Å². The van der Waals surface area contributed by atoms with Gasteiger partial charge in [0.2, 0.25) is 0 Å². The van der Waals surface area contributed by atoms with Crippen molar-refractivity contribution in [2.75, 3.05) is 6.61 Å². The third-order valence-electron chi connectivity index (χ3n) is 5.44. The molecule has 4 rings (SSSR count). The number of esters is 1. The molecule has 5 nitrogen and oxygen atoms in total. The molecule has 0 saturated heterocycles. The molecule has 0 spiro atoms. The van der Waals surface area contributed by atoms with Crippen LogP contribution in [0.4, 0.5) is 4.79 Å². The van der Waals surface area contributed by atoms with Crippen LogP contribution in [0.5, 0.6) is 0 Å². The van der Waals surface area contributed by atoms with Crippen LogP contribution in [0, 0.1) is 0 Å². The number of alkyl carbamates (subject to hydrolysis) is 1. The number of amides is 1. The first kappa shape index (κ1) is 22.9. The number of rotatable bonds is 8. The standard InChI is InChI=1S/C27H27NO4S/c1-18(2)33-25(26(29)31-16-19-10-4-3-5-11-19)28-27(30)32-17-24-22-14-8-6-12-20(22)21-13-7-9-15-23(21)24/h3-15,18,24-25H,16-17H2,1-2H3,(H,28,30). The van der Waals surface area contributed by atoms with E-state index in [-0.39, 0.29) is 24.4 Å². The summed E-state index contributed by atoms with van der Waals surface area (Å²) in [5.41, 5.74) is 5.50. The van der Waals surface area contributed by atoms with Gasteiger partial charge in [0.25, 0.3) is 0 Å². The molecule has 0 bridgehead atoms. The van der Waals surface area contributed by atoms with Crippen LogP contribution in [0.15, 0.2) is 78.9 Å². The summed E-state index contributed by atoms with van der Waals surface area (Å²) in [6.45, 7) is 4.27. The molecule has 3 aromatic rings. The Bertz CT molecular complexity index is 1070. The van der Waals surface area contributed by atoms with Gasteiger partial charge in [-0.15, -0.1) is 11.8 Å². The third-order valence-corrected chi connectivity index (χ3v) is 6.57. The summed E-state index contributed by atoms with van der Waals surface area (Å²) in [5, 5.41) is 1.96. The van der Waals surface area contributed by atoms with E-state index in [2.05, 4.69) is 29.6 Å². The molecular weight excluding hydrogens is 434 g/mol. The zero-order valence-corrected chi connectivity index (χ0v) is 19.5. The van der Waals surface area contributed by atoms with Crippen LogP contribution in [0.3, 0.4) is 0 Å². The van der Waals surface area contributed by atoms with Crippen molar-refractivity contribution < 1.29 is 19.1 Å². The Balaban J connectivity index is 1.38. The number of carbonyl (C=O) groups is 2. The van der Waals surface area contributed by atoms with Crippen molar-refractivity contribution in [1.82, 2.24) is 5.32 Å². The summed E-state index contributed by atoms with van der Waals surface area (Å²) in [4.78, 5) is 25.3. The first-order valence-electron chi connectivity index (χ1n) is 11.0. The van der Waals surface area contributed by atoms with E-state index in [1.54, 1.807) is 0 Å². The van der Waals surface area contributed by atoms with Crippen molar-refractivity contribution in [2.45, 2.75) is 37.0 Å². The smallest absolute Gasteiger partial charge is 0.408 e. The van der Waals surface area contributed by atoms with E-state index in [0.29, 0.717) is 0 Å². The van der Waals surface area contributed by atoms with Crippen molar-refractivity contribution in [1.29, 1.82) is 0 Å². The van der Waals surface area contributed by atoms with Crippen molar-refractivity contribution >= 4 is 23.8 Å². The maximum absolute atomic E-state index is 12.7. The molecule has 1 unspecified atom stereocenters. The number of fused-ring (bicyclic) bond motifs is 3. The minimum absolute atomic E-state index is 0.0376. The van der Waals surface area contributed by atoms with Gasteiger partial charge >= 0.3 is 12.1 Å². The van der Waals surface area contributed by atoms with Gasteiger partial charge < -0.3 is 9.47 Å². The lowest BCUT2D eigenvalue weighted by molar-refractivity contribution is -0.144. The van der Waals surface area contributed by atoms with Crippen molar-refractivity contribution in [3.05, 3.63) is 95.6 Å². The van der Waals surface area contributed by atoms with E-state index in [4.69, 9.17) is 9.47 Å². The maximum atomic E-state index is 12.7. The topological polar surface area (TPSA) is 64.6 Å². The lowest BCUT2D eigenvalue weighted by Crippen LogP contribution is -2.41. The minimum Gasteiger partial charge on any atom is -0.459 e. The molecule has 1 atom stereocenters. The van der Waals surface area contributed by atoms with Gasteiger partial charge in [-0.05, 0) is 27.8 Å². The predicted octanol–water partition coefficient (Wildman–Crippen LogP) is 5.74. The monoisotopic (exact) mass is 461 g/mol. The molecule has 0 aliphatic heterocycles. The fraction of sp³-hybridized carbons (Fsp3) is 0.259. The van der Waals surface area contributed by atoms with Crippen LogP contribution in [0.1, 0.15) is 36.5 Å². The molecule has 1 aliphatic rings.